The fourth-order valence-electron chi connectivity index (χ4n) is 3.35. The highest BCUT2D eigenvalue weighted by Crippen LogP contribution is 2.30. The van der Waals surface area contributed by atoms with E-state index in [0.29, 0.717) is 23.4 Å². The lowest BCUT2D eigenvalue weighted by atomic mass is 9.98. The minimum atomic E-state index is -0.542. The molecule has 2 aromatic carbocycles. The first-order chi connectivity index (χ1) is 15.3. The first-order valence-corrected chi connectivity index (χ1v) is 10.3. The molecule has 0 bridgehead atoms. The van der Waals surface area contributed by atoms with Crippen LogP contribution in [-0.2, 0) is 11.2 Å². The van der Waals surface area contributed by atoms with Crippen LogP contribution in [0.1, 0.15) is 35.7 Å². The van der Waals surface area contributed by atoms with E-state index < -0.39 is 5.82 Å². The SMILES string of the molecule is CCC(=O)N(C)c1ccc(-c2ccc(C(=O)CCc3ccc(OC)nc3)c(O)c2)cc1F. The molecule has 0 unspecified atom stereocenters. The average Bonchev–Trinajstić information content (AvgIpc) is 2.81. The molecule has 0 saturated carbocycles. The van der Waals surface area contributed by atoms with Crippen molar-refractivity contribution >= 4 is 17.4 Å². The molecule has 3 aromatic rings. The number of nitrogens with zero attached hydrogens (tertiary/aromatic N) is 2. The molecule has 166 valence electrons. The normalized spacial score (nSPS) is 10.6. The Morgan fingerprint density at radius 3 is 2.41 bits per heavy atom. The molecule has 0 aliphatic heterocycles. The Kier molecular flexibility index (Phi) is 7.20. The molecule has 6 nitrogen and oxygen atoms in total. The Morgan fingerprint density at radius 1 is 1.09 bits per heavy atom. The van der Waals surface area contributed by atoms with Gasteiger partial charge in [-0.1, -0.05) is 25.1 Å². The Balaban J connectivity index is 1.73. The van der Waals surface area contributed by atoms with Crippen molar-refractivity contribution in [2.45, 2.75) is 26.2 Å². The summed E-state index contributed by atoms with van der Waals surface area (Å²) in [6.07, 6.45) is 2.62. The predicted octanol–water partition coefficient (Wildman–Crippen LogP) is 4.79. The van der Waals surface area contributed by atoms with Crippen LogP contribution in [0.3, 0.4) is 0 Å². The van der Waals surface area contributed by atoms with Gasteiger partial charge in [-0.2, -0.15) is 0 Å². The van der Waals surface area contributed by atoms with E-state index in [2.05, 4.69) is 4.98 Å². The molecule has 7 heteroatoms. The average molecular weight is 436 g/mol. The molecule has 1 N–H and O–H groups in total. The topological polar surface area (TPSA) is 79.7 Å². The number of benzene rings is 2. The van der Waals surface area contributed by atoms with Gasteiger partial charge in [-0.3, -0.25) is 9.59 Å². The Bertz CT molecular complexity index is 1130. The van der Waals surface area contributed by atoms with E-state index in [1.165, 1.54) is 43.3 Å². The van der Waals surface area contributed by atoms with Crippen LogP contribution in [0.2, 0.25) is 0 Å². The monoisotopic (exact) mass is 436 g/mol. The van der Waals surface area contributed by atoms with Crippen LogP contribution in [0, 0.1) is 5.82 Å². The number of Topliss-reactive ketones (excluding diaryl/α,β-unsaturated/α-hetero) is 1. The summed E-state index contributed by atoms with van der Waals surface area (Å²) in [6, 6.07) is 12.7. The summed E-state index contributed by atoms with van der Waals surface area (Å²) in [5.41, 5.74) is 2.37. The number of methoxy groups -OCH3 is 1. The molecule has 1 aromatic heterocycles. The summed E-state index contributed by atoms with van der Waals surface area (Å²) in [5.74, 6) is -0.599. The standard InChI is InChI=1S/C25H25FN2O4/c1-4-25(31)28(2)21-10-8-17(13-20(21)26)18-7-9-19(23(30)14-18)22(29)11-5-16-6-12-24(32-3)27-15-16/h6-10,12-15,30H,4-5,11H2,1-3H3. The molecule has 0 radical (unpaired) electrons. The maximum Gasteiger partial charge on any atom is 0.226 e. The third-order valence-corrected chi connectivity index (χ3v) is 5.26. The number of carbonyl (C=O) groups is 2. The molecule has 0 aliphatic rings. The lowest BCUT2D eigenvalue weighted by molar-refractivity contribution is -0.118. The molecular weight excluding hydrogens is 411 g/mol. The third kappa shape index (κ3) is 5.11. The number of pyridine rings is 1. The van der Waals surface area contributed by atoms with Crippen molar-refractivity contribution in [3.05, 3.63) is 71.7 Å². The van der Waals surface area contributed by atoms with Gasteiger partial charge in [0.05, 0.1) is 18.4 Å². The van der Waals surface area contributed by atoms with Crippen LogP contribution in [-0.4, -0.2) is 35.9 Å². The van der Waals surface area contributed by atoms with Gasteiger partial charge in [0.25, 0.3) is 0 Å². The number of ketones is 1. The van der Waals surface area contributed by atoms with E-state index >= 15 is 0 Å². The number of anilines is 1. The highest BCUT2D eigenvalue weighted by molar-refractivity contribution is 5.99. The van der Waals surface area contributed by atoms with E-state index in [1.54, 1.807) is 31.3 Å². The van der Waals surface area contributed by atoms with Crippen LogP contribution < -0.4 is 9.64 Å². The maximum absolute atomic E-state index is 14.6. The second-order valence-electron chi connectivity index (χ2n) is 7.34. The molecule has 32 heavy (non-hydrogen) atoms. The smallest absolute Gasteiger partial charge is 0.226 e. The maximum atomic E-state index is 14.6. The number of carbonyl (C=O) groups excluding carboxylic acids is 2. The summed E-state index contributed by atoms with van der Waals surface area (Å²) in [5, 5.41) is 10.4. The largest absolute Gasteiger partial charge is 0.507 e. The fourth-order valence-corrected chi connectivity index (χ4v) is 3.35. The zero-order chi connectivity index (χ0) is 23.3. The molecule has 3 rings (SSSR count). The number of aryl methyl sites for hydroxylation is 1. The number of phenolic OH excluding ortho intramolecular Hbond substituents is 1. The lowest BCUT2D eigenvalue weighted by Gasteiger charge is -2.18. The number of ether oxygens (including phenoxy) is 1. The number of amides is 1. The minimum Gasteiger partial charge on any atom is -0.507 e. The molecule has 1 heterocycles. The predicted molar refractivity (Wildman–Crippen MR) is 121 cm³/mol. The number of hydrogen-bond acceptors (Lipinski definition) is 5. The molecule has 0 saturated heterocycles. The van der Waals surface area contributed by atoms with E-state index in [0.717, 1.165) is 5.56 Å². The molecule has 0 aliphatic carbocycles. The Morgan fingerprint density at radius 2 is 1.81 bits per heavy atom. The number of halogens is 1. The van der Waals surface area contributed by atoms with E-state index in [9.17, 15) is 19.1 Å². The highest BCUT2D eigenvalue weighted by Gasteiger charge is 2.16. The zero-order valence-electron chi connectivity index (χ0n) is 18.3. The van der Waals surface area contributed by atoms with Crippen molar-refractivity contribution in [2.75, 3.05) is 19.1 Å². The van der Waals surface area contributed by atoms with E-state index in [4.69, 9.17) is 4.74 Å². The zero-order valence-corrected chi connectivity index (χ0v) is 18.3. The molecule has 0 atom stereocenters. The van der Waals surface area contributed by atoms with Gasteiger partial charge in [0.2, 0.25) is 11.8 Å². The van der Waals surface area contributed by atoms with Crippen LogP contribution in [0.4, 0.5) is 10.1 Å². The van der Waals surface area contributed by atoms with Gasteiger partial charge in [-0.15, -0.1) is 0 Å². The van der Waals surface area contributed by atoms with Crippen molar-refractivity contribution < 1.29 is 23.8 Å². The van der Waals surface area contributed by atoms with Gasteiger partial charge >= 0.3 is 0 Å². The summed E-state index contributed by atoms with van der Waals surface area (Å²) in [7, 11) is 3.06. The fraction of sp³-hybridized carbons (Fsp3) is 0.240. The minimum absolute atomic E-state index is 0.164. The van der Waals surface area contributed by atoms with Crippen molar-refractivity contribution in [3.8, 4) is 22.8 Å². The number of phenols is 1. The van der Waals surface area contributed by atoms with Gasteiger partial charge < -0.3 is 14.7 Å². The molecule has 0 spiro atoms. The molecular formula is C25H25FN2O4. The number of aromatic nitrogens is 1. The second-order valence-corrected chi connectivity index (χ2v) is 7.34. The molecule has 0 fully saturated rings. The second kappa shape index (κ2) is 10.0. The van der Waals surface area contributed by atoms with Crippen LogP contribution in [0.5, 0.6) is 11.6 Å². The van der Waals surface area contributed by atoms with E-state index in [1.807, 2.05) is 6.07 Å². The van der Waals surface area contributed by atoms with Crippen LogP contribution in [0.25, 0.3) is 11.1 Å². The van der Waals surface area contributed by atoms with Gasteiger partial charge in [-0.25, -0.2) is 9.37 Å². The van der Waals surface area contributed by atoms with Gasteiger partial charge in [-0.05, 0) is 47.4 Å². The van der Waals surface area contributed by atoms with Gasteiger partial charge in [0.1, 0.15) is 11.6 Å². The third-order valence-electron chi connectivity index (χ3n) is 5.26. The highest BCUT2D eigenvalue weighted by atomic mass is 19.1. The quantitative estimate of drug-likeness (QED) is 0.514. The van der Waals surface area contributed by atoms with Crippen molar-refractivity contribution in [2.24, 2.45) is 0 Å². The van der Waals surface area contributed by atoms with E-state index in [-0.39, 0.29) is 41.5 Å². The first kappa shape index (κ1) is 22.9. The van der Waals surface area contributed by atoms with Crippen molar-refractivity contribution in [1.82, 2.24) is 4.98 Å². The van der Waals surface area contributed by atoms with Crippen LogP contribution in [0.15, 0.2) is 54.7 Å². The summed E-state index contributed by atoms with van der Waals surface area (Å²) < 4.78 is 19.6. The summed E-state index contributed by atoms with van der Waals surface area (Å²) in [6.45, 7) is 1.71. The molecule has 1 amide bonds. The van der Waals surface area contributed by atoms with Gasteiger partial charge in [0, 0.05) is 32.2 Å². The Hall–Kier alpha value is -3.74. The number of rotatable bonds is 8. The van der Waals surface area contributed by atoms with Crippen molar-refractivity contribution in [1.29, 1.82) is 0 Å². The number of hydrogen-bond donors (Lipinski definition) is 1. The first-order valence-electron chi connectivity index (χ1n) is 10.3. The summed E-state index contributed by atoms with van der Waals surface area (Å²) in [4.78, 5) is 29.8. The van der Waals surface area contributed by atoms with Gasteiger partial charge in [0.15, 0.2) is 5.78 Å². The van der Waals surface area contributed by atoms with Crippen LogP contribution >= 0.6 is 0 Å². The number of aromatic hydroxyl groups is 1. The Labute approximate surface area is 186 Å². The summed E-state index contributed by atoms with van der Waals surface area (Å²) >= 11 is 0. The lowest BCUT2D eigenvalue weighted by Crippen LogP contribution is -2.25. The van der Waals surface area contributed by atoms with Crippen molar-refractivity contribution in [3.63, 3.8) is 0 Å².